The largest absolute Gasteiger partial charge is 0.399 e. The van der Waals surface area contributed by atoms with E-state index in [2.05, 4.69) is 15.6 Å². The summed E-state index contributed by atoms with van der Waals surface area (Å²) in [7, 11) is -5.83. The molecule has 4 amide bonds. The number of benzene rings is 2. The molecule has 2 aromatic carbocycles. The molecule has 0 bridgehead atoms. The summed E-state index contributed by atoms with van der Waals surface area (Å²) in [6.45, 7) is 1.43. The van der Waals surface area contributed by atoms with E-state index < -0.39 is 54.7 Å². The molecule has 5 N–H and O–H groups in total. The number of alkyl halides is 2. The van der Waals surface area contributed by atoms with Crippen LogP contribution in [0.15, 0.2) is 77.7 Å². The van der Waals surface area contributed by atoms with Crippen LogP contribution in [-0.2, 0) is 24.6 Å². The van der Waals surface area contributed by atoms with Gasteiger partial charge in [-0.05, 0) is 67.8 Å². The minimum Gasteiger partial charge on any atom is -0.351 e. The number of carbonyl (C=O) groups excluding carboxylic acids is 4. The number of anilines is 1. The van der Waals surface area contributed by atoms with Gasteiger partial charge >= 0.3 is 13.3 Å². The fraction of sp³-hybridized carbons (Fsp3) is 0.303. The zero-order chi connectivity index (χ0) is 36.0. The van der Waals surface area contributed by atoms with Crippen LogP contribution in [-0.4, -0.2) is 84.0 Å². The van der Waals surface area contributed by atoms with Gasteiger partial charge in [-0.25, -0.2) is 0 Å². The Morgan fingerprint density at radius 1 is 0.980 bits per heavy atom. The Morgan fingerprint density at radius 2 is 1.72 bits per heavy atom. The van der Waals surface area contributed by atoms with E-state index in [0.29, 0.717) is 30.6 Å². The van der Waals surface area contributed by atoms with Gasteiger partial charge in [-0.3, -0.25) is 33.1 Å². The first-order valence-electron chi connectivity index (χ1n) is 15.7. The molecule has 1 unspecified atom stereocenters. The van der Waals surface area contributed by atoms with E-state index in [9.17, 15) is 37.3 Å². The molecule has 2 saturated heterocycles. The number of hydrogen-bond donors (Lipinski definition) is 5. The minimum atomic E-state index is -5.83. The van der Waals surface area contributed by atoms with Crippen LogP contribution in [0.5, 0.6) is 0 Å². The van der Waals surface area contributed by atoms with Crippen molar-refractivity contribution in [3.05, 3.63) is 94.5 Å². The second-order valence-corrected chi connectivity index (χ2v) is 13.9. The number of amides is 4. The summed E-state index contributed by atoms with van der Waals surface area (Å²) in [5.41, 5.74) is -4.49. The Bertz CT molecular complexity index is 2100. The maximum Gasteiger partial charge on any atom is 0.399 e. The summed E-state index contributed by atoms with van der Waals surface area (Å²) in [5.74, 6) is -2.15. The summed E-state index contributed by atoms with van der Waals surface area (Å²) in [5, 5.41) is 5.53. The lowest BCUT2D eigenvalue weighted by Gasteiger charge is -2.38. The summed E-state index contributed by atoms with van der Waals surface area (Å²) in [6, 6.07) is 12.9. The molecule has 6 rings (SSSR count). The van der Waals surface area contributed by atoms with Crippen LogP contribution in [0.2, 0.25) is 0 Å². The molecule has 4 heterocycles. The fourth-order valence-electron chi connectivity index (χ4n) is 6.44. The molecule has 0 aliphatic carbocycles. The molecule has 2 aliphatic heterocycles. The van der Waals surface area contributed by atoms with Gasteiger partial charge in [0, 0.05) is 66.2 Å². The summed E-state index contributed by atoms with van der Waals surface area (Å²) < 4.78 is 41.5. The number of pyridine rings is 1. The Balaban J connectivity index is 1.22. The lowest BCUT2D eigenvalue weighted by molar-refractivity contribution is -0.143. The Kier molecular flexibility index (Phi) is 9.20. The number of halogens is 2. The average molecular weight is 711 g/mol. The molecule has 2 fully saturated rings. The van der Waals surface area contributed by atoms with Crippen molar-refractivity contribution in [3.63, 3.8) is 0 Å². The average Bonchev–Trinajstić information content (AvgIpc) is 3.69. The highest BCUT2D eigenvalue weighted by molar-refractivity contribution is 7.52. The highest BCUT2D eigenvalue weighted by Gasteiger charge is 2.50. The van der Waals surface area contributed by atoms with Gasteiger partial charge in [-0.1, -0.05) is 12.1 Å². The first kappa shape index (κ1) is 34.7. The normalized spacial score (nSPS) is 19.9. The van der Waals surface area contributed by atoms with E-state index in [1.165, 1.54) is 33.4 Å². The van der Waals surface area contributed by atoms with Crippen LogP contribution in [0.3, 0.4) is 0 Å². The molecule has 0 spiro atoms. The predicted molar refractivity (Wildman–Crippen MR) is 177 cm³/mol. The fourth-order valence-corrected chi connectivity index (χ4v) is 6.92. The highest BCUT2D eigenvalue weighted by Crippen LogP contribution is 2.59. The second kappa shape index (κ2) is 13.3. The standard InChI is InChI=1S/C33H33F2N6O8P/c1-19(42)39-15-13-24-10-12-28(31(45)36-22-6-8-23(9-7-22)40-14-3-2-4-29(40)43)41(24)32(46)27(18-39)38-30(44)26-17-20-16-21(5-11-25(20)37-26)33(34,35)50(47,48)49/h2-9,11,14,16-17,24,27-28,37H,10,12-13,15,18H2,1H3,(H,36,45)(H,38,44)(H2,47,48,49)/t24-,27?,28+/m1/s1. The predicted octanol–water partition coefficient (Wildman–Crippen LogP) is 2.89. The number of nitrogens with zero attached hydrogens (tertiary/aromatic N) is 3. The molecule has 0 radical (unpaired) electrons. The van der Waals surface area contributed by atoms with E-state index in [-0.39, 0.29) is 41.2 Å². The van der Waals surface area contributed by atoms with Crippen LogP contribution in [0.4, 0.5) is 14.5 Å². The number of aromatic nitrogens is 2. The second-order valence-electron chi connectivity index (χ2n) is 12.3. The lowest BCUT2D eigenvalue weighted by Crippen LogP contribution is -2.60. The monoisotopic (exact) mass is 710 g/mol. The number of rotatable bonds is 7. The van der Waals surface area contributed by atoms with Gasteiger partial charge in [0.25, 0.3) is 11.5 Å². The zero-order valence-corrected chi connectivity index (χ0v) is 27.5. The van der Waals surface area contributed by atoms with E-state index in [4.69, 9.17) is 9.79 Å². The van der Waals surface area contributed by atoms with Gasteiger partial charge in [0.1, 0.15) is 17.8 Å². The third-order valence-corrected chi connectivity index (χ3v) is 10.0. The van der Waals surface area contributed by atoms with Crippen LogP contribution < -0.4 is 16.2 Å². The van der Waals surface area contributed by atoms with E-state index in [0.717, 1.165) is 18.2 Å². The topological polar surface area (TPSA) is 194 Å². The molecular weight excluding hydrogens is 677 g/mol. The van der Waals surface area contributed by atoms with Crippen LogP contribution in [0, 0.1) is 0 Å². The number of H-pyrrole nitrogens is 1. The van der Waals surface area contributed by atoms with Crippen molar-refractivity contribution in [2.24, 2.45) is 0 Å². The Labute approximate surface area is 283 Å². The van der Waals surface area contributed by atoms with Crippen molar-refractivity contribution in [2.75, 3.05) is 18.4 Å². The number of hydrogen-bond acceptors (Lipinski definition) is 6. The number of aromatic amines is 1. The molecule has 0 saturated carbocycles. The van der Waals surface area contributed by atoms with Crippen LogP contribution >= 0.6 is 7.60 Å². The van der Waals surface area contributed by atoms with Gasteiger partial charge in [-0.15, -0.1) is 0 Å². The summed E-state index contributed by atoms with van der Waals surface area (Å²) >= 11 is 0. The molecular formula is C33H33F2N6O8P. The van der Waals surface area contributed by atoms with Gasteiger partial charge < -0.3 is 35.2 Å². The van der Waals surface area contributed by atoms with Crippen molar-refractivity contribution >= 4 is 47.8 Å². The minimum absolute atomic E-state index is 0.0651. The maximum atomic E-state index is 14.3. The molecule has 2 aliphatic rings. The maximum absolute atomic E-state index is 14.3. The van der Waals surface area contributed by atoms with Gasteiger partial charge in [0.2, 0.25) is 17.7 Å². The Morgan fingerprint density at radius 3 is 2.40 bits per heavy atom. The van der Waals surface area contributed by atoms with E-state index >= 15 is 0 Å². The third kappa shape index (κ3) is 6.69. The molecule has 2 aromatic heterocycles. The van der Waals surface area contributed by atoms with Crippen molar-refractivity contribution in [1.29, 1.82) is 0 Å². The van der Waals surface area contributed by atoms with Crippen molar-refractivity contribution in [1.82, 2.24) is 24.7 Å². The molecule has 17 heteroatoms. The smallest absolute Gasteiger partial charge is 0.351 e. The van der Waals surface area contributed by atoms with Crippen LogP contribution in [0.1, 0.15) is 42.2 Å². The first-order chi connectivity index (χ1) is 23.6. The summed E-state index contributed by atoms with van der Waals surface area (Å²) in [4.78, 5) is 89.7. The first-order valence-corrected chi connectivity index (χ1v) is 17.3. The highest BCUT2D eigenvalue weighted by atomic mass is 31.2. The molecule has 3 atom stereocenters. The van der Waals surface area contributed by atoms with Crippen molar-refractivity contribution in [3.8, 4) is 5.69 Å². The lowest BCUT2D eigenvalue weighted by atomic mass is 10.1. The van der Waals surface area contributed by atoms with Crippen molar-refractivity contribution in [2.45, 2.75) is 50.0 Å². The quantitative estimate of drug-likeness (QED) is 0.181. The SMILES string of the molecule is CC(=O)N1CC[C@H]2CC[C@@H](C(=O)Nc3ccc(-n4ccccc4=O)cc3)N2C(=O)C(NC(=O)c2cc3cc(C(F)(F)P(=O)(O)O)ccc3[nH]2)C1. The number of fused-ring (bicyclic) bond motifs is 2. The number of carbonyl (C=O) groups is 4. The molecule has 4 aromatic rings. The van der Waals surface area contributed by atoms with Gasteiger partial charge in [0.15, 0.2) is 0 Å². The third-order valence-electron chi connectivity index (χ3n) is 9.06. The summed E-state index contributed by atoms with van der Waals surface area (Å²) in [6.07, 6.45) is 2.86. The van der Waals surface area contributed by atoms with Crippen LogP contribution in [0.25, 0.3) is 16.6 Å². The molecule has 50 heavy (non-hydrogen) atoms. The van der Waals surface area contributed by atoms with Gasteiger partial charge in [-0.2, -0.15) is 8.78 Å². The molecule has 14 nitrogen and oxygen atoms in total. The Hall–Kier alpha value is -5.18. The molecule has 262 valence electrons. The van der Waals surface area contributed by atoms with E-state index in [1.54, 1.807) is 42.6 Å². The van der Waals surface area contributed by atoms with Gasteiger partial charge in [0.05, 0.1) is 0 Å². The van der Waals surface area contributed by atoms with E-state index in [1.807, 2.05) is 0 Å². The number of nitrogens with one attached hydrogen (secondary N) is 3. The zero-order valence-electron chi connectivity index (χ0n) is 26.6. The van der Waals surface area contributed by atoms with Crippen molar-refractivity contribution < 1.29 is 42.3 Å².